The maximum Gasteiger partial charge on any atom is 0.193 e. The molecule has 6 heteroatoms. The van der Waals surface area contributed by atoms with Gasteiger partial charge in [0, 0.05) is 29.9 Å². The Morgan fingerprint density at radius 3 is 2.83 bits per heavy atom. The number of H-pyrrole nitrogens is 1. The maximum absolute atomic E-state index is 6.09. The highest BCUT2D eigenvalue weighted by atomic mass is 35.5. The molecule has 0 bridgehead atoms. The van der Waals surface area contributed by atoms with Gasteiger partial charge in [-0.1, -0.05) is 29.8 Å². The van der Waals surface area contributed by atoms with Gasteiger partial charge < -0.3 is 20.8 Å². The van der Waals surface area contributed by atoms with Crippen LogP contribution < -0.4 is 15.8 Å². The van der Waals surface area contributed by atoms with Gasteiger partial charge in [0.1, 0.15) is 5.75 Å². The number of hydrogen-bond acceptors (Lipinski definition) is 2. The van der Waals surface area contributed by atoms with Crippen LogP contribution in [-0.2, 0) is 6.42 Å². The Morgan fingerprint density at radius 2 is 2.08 bits per heavy atom. The molecule has 0 aliphatic heterocycles. The average Bonchev–Trinajstić information content (AvgIpc) is 2.97. The van der Waals surface area contributed by atoms with Crippen molar-refractivity contribution in [1.29, 1.82) is 0 Å². The zero-order valence-corrected chi connectivity index (χ0v) is 14.1. The Morgan fingerprint density at radius 1 is 1.25 bits per heavy atom. The number of aliphatic imine (C=N–C) groups is 1. The smallest absolute Gasteiger partial charge is 0.193 e. The summed E-state index contributed by atoms with van der Waals surface area (Å²) in [6, 6.07) is 15.7. The molecule has 0 amide bonds. The third kappa shape index (κ3) is 3.81. The Labute approximate surface area is 145 Å². The number of guanidine groups is 1. The van der Waals surface area contributed by atoms with Crippen molar-refractivity contribution in [1.82, 2.24) is 4.98 Å². The molecule has 1 heterocycles. The highest BCUT2D eigenvalue weighted by molar-refractivity contribution is 6.32. The predicted octanol–water partition coefficient (Wildman–Crippen LogP) is 3.80. The molecule has 0 radical (unpaired) electrons. The number of nitrogens with two attached hydrogens (primary N) is 1. The van der Waals surface area contributed by atoms with Gasteiger partial charge in [0.25, 0.3) is 0 Å². The van der Waals surface area contributed by atoms with E-state index in [9.17, 15) is 0 Å². The van der Waals surface area contributed by atoms with Crippen LogP contribution in [0.4, 0.5) is 5.69 Å². The second kappa shape index (κ2) is 7.27. The monoisotopic (exact) mass is 342 g/mol. The normalized spacial score (nSPS) is 11.7. The Balaban J connectivity index is 1.58. The first-order chi connectivity index (χ1) is 11.7. The lowest BCUT2D eigenvalue weighted by atomic mass is 10.2. The van der Waals surface area contributed by atoms with Crippen molar-refractivity contribution >= 4 is 34.2 Å². The minimum Gasteiger partial charge on any atom is -0.495 e. The van der Waals surface area contributed by atoms with Crippen molar-refractivity contribution in [2.24, 2.45) is 10.7 Å². The molecule has 0 saturated heterocycles. The lowest BCUT2D eigenvalue weighted by Crippen LogP contribution is -2.23. The van der Waals surface area contributed by atoms with Crippen LogP contribution >= 0.6 is 11.6 Å². The lowest BCUT2D eigenvalue weighted by Gasteiger charge is -2.08. The van der Waals surface area contributed by atoms with E-state index in [1.807, 2.05) is 18.2 Å². The number of ether oxygens (including phenoxy) is 1. The van der Waals surface area contributed by atoms with Crippen molar-refractivity contribution < 1.29 is 4.74 Å². The number of nitrogens with zero attached hydrogens (tertiary/aromatic N) is 1. The van der Waals surface area contributed by atoms with Crippen LogP contribution in [0.5, 0.6) is 5.75 Å². The Bertz CT molecular complexity index is 839. The second-order valence-corrected chi connectivity index (χ2v) is 5.78. The average molecular weight is 343 g/mol. The van der Waals surface area contributed by atoms with Gasteiger partial charge in [-0.3, -0.25) is 4.99 Å². The summed E-state index contributed by atoms with van der Waals surface area (Å²) in [6.45, 7) is 0.593. The molecule has 0 atom stereocenters. The molecule has 3 rings (SSSR count). The molecule has 3 aromatic rings. The molecule has 5 nitrogen and oxygen atoms in total. The molecule has 0 fully saturated rings. The third-order valence-electron chi connectivity index (χ3n) is 3.67. The summed E-state index contributed by atoms with van der Waals surface area (Å²) in [7, 11) is 1.58. The first-order valence-corrected chi connectivity index (χ1v) is 8.00. The molecular weight excluding hydrogens is 324 g/mol. The quantitative estimate of drug-likeness (QED) is 0.487. The first-order valence-electron chi connectivity index (χ1n) is 7.63. The van der Waals surface area contributed by atoms with Gasteiger partial charge in [-0.05, 0) is 35.7 Å². The fraction of sp³-hybridized carbons (Fsp3) is 0.167. The van der Waals surface area contributed by atoms with Crippen LogP contribution in [0.1, 0.15) is 5.69 Å². The summed E-state index contributed by atoms with van der Waals surface area (Å²) in [4.78, 5) is 7.72. The van der Waals surface area contributed by atoms with E-state index in [-0.39, 0.29) is 0 Å². The summed E-state index contributed by atoms with van der Waals surface area (Å²) in [6.07, 6.45) is 0.792. The van der Waals surface area contributed by atoms with Crippen molar-refractivity contribution in [3.8, 4) is 5.75 Å². The number of fused-ring (bicyclic) bond motifs is 1. The van der Waals surface area contributed by atoms with Gasteiger partial charge in [-0.25, -0.2) is 0 Å². The fourth-order valence-corrected chi connectivity index (χ4v) is 2.75. The number of aromatic amines is 1. The van der Waals surface area contributed by atoms with Crippen LogP contribution in [0.15, 0.2) is 53.5 Å². The predicted molar refractivity (Wildman–Crippen MR) is 100 cm³/mol. The molecular formula is C18H19ClN4O. The van der Waals surface area contributed by atoms with Gasteiger partial charge in [-0.15, -0.1) is 0 Å². The molecule has 0 spiro atoms. The minimum absolute atomic E-state index is 0.354. The number of hydrogen-bond donors (Lipinski definition) is 3. The number of para-hydroxylation sites is 1. The summed E-state index contributed by atoms with van der Waals surface area (Å²) in [5, 5.41) is 4.75. The van der Waals surface area contributed by atoms with Crippen molar-refractivity contribution in [3.05, 3.63) is 59.2 Å². The number of halogens is 1. The molecule has 24 heavy (non-hydrogen) atoms. The van der Waals surface area contributed by atoms with E-state index < -0.39 is 0 Å². The van der Waals surface area contributed by atoms with Crippen molar-refractivity contribution in [2.75, 3.05) is 19.0 Å². The molecule has 0 saturated carbocycles. The van der Waals surface area contributed by atoms with Gasteiger partial charge in [0.2, 0.25) is 0 Å². The SMILES string of the molecule is COc1ccc(NC(N)=NCCc2cc3ccccc3[nH]2)cc1Cl. The molecule has 0 aliphatic rings. The van der Waals surface area contributed by atoms with Crippen LogP contribution in [0.3, 0.4) is 0 Å². The topological polar surface area (TPSA) is 75.4 Å². The molecule has 2 aromatic carbocycles. The molecule has 0 aliphatic carbocycles. The van der Waals surface area contributed by atoms with Gasteiger partial charge >= 0.3 is 0 Å². The molecule has 1 aromatic heterocycles. The van der Waals surface area contributed by atoms with Gasteiger partial charge in [0.05, 0.1) is 12.1 Å². The number of nitrogens with one attached hydrogen (secondary N) is 2. The summed E-state index contributed by atoms with van der Waals surface area (Å²) in [5.41, 5.74) is 8.96. The van der Waals surface area contributed by atoms with Crippen LogP contribution in [0, 0.1) is 0 Å². The maximum atomic E-state index is 6.09. The molecule has 4 N–H and O–H groups in total. The van der Waals surface area contributed by atoms with Crippen molar-refractivity contribution in [2.45, 2.75) is 6.42 Å². The van der Waals surface area contributed by atoms with E-state index in [1.54, 1.807) is 19.2 Å². The number of methoxy groups -OCH3 is 1. The van der Waals surface area contributed by atoms with Crippen LogP contribution in [-0.4, -0.2) is 24.6 Å². The Kier molecular flexibility index (Phi) is 4.91. The van der Waals surface area contributed by atoms with E-state index >= 15 is 0 Å². The van der Waals surface area contributed by atoms with E-state index in [4.69, 9.17) is 22.1 Å². The number of benzene rings is 2. The van der Waals surface area contributed by atoms with Gasteiger partial charge in [-0.2, -0.15) is 0 Å². The second-order valence-electron chi connectivity index (χ2n) is 5.37. The Hall–Kier alpha value is -2.66. The summed E-state index contributed by atoms with van der Waals surface area (Å²) in [5.74, 6) is 0.976. The summed E-state index contributed by atoms with van der Waals surface area (Å²) >= 11 is 6.09. The van der Waals surface area contributed by atoms with E-state index in [0.717, 1.165) is 23.3 Å². The highest BCUT2D eigenvalue weighted by Gasteiger charge is 2.03. The van der Waals surface area contributed by atoms with E-state index in [0.29, 0.717) is 23.3 Å². The zero-order chi connectivity index (χ0) is 16.9. The van der Waals surface area contributed by atoms with Crippen molar-refractivity contribution in [3.63, 3.8) is 0 Å². The zero-order valence-electron chi connectivity index (χ0n) is 13.3. The van der Waals surface area contributed by atoms with E-state index in [2.05, 4.69) is 33.5 Å². The third-order valence-corrected chi connectivity index (χ3v) is 3.97. The lowest BCUT2D eigenvalue weighted by molar-refractivity contribution is 0.415. The number of rotatable bonds is 5. The first kappa shape index (κ1) is 16.2. The largest absolute Gasteiger partial charge is 0.495 e. The molecule has 0 unspecified atom stereocenters. The highest BCUT2D eigenvalue weighted by Crippen LogP contribution is 2.27. The van der Waals surface area contributed by atoms with Crippen LogP contribution in [0.25, 0.3) is 10.9 Å². The van der Waals surface area contributed by atoms with E-state index in [1.165, 1.54) is 5.39 Å². The van der Waals surface area contributed by atoms with Crippen LogP contribution in [0.2, 0.25) is 5.02 Å². The number of aromatic nitrogens is 1. The minimum atomic E-state index is 0.354. The van der Waals surface area contributed by atoms with Gasteiger partial charge in [0.15, 0.2) is 5.96 Å². The summed E-state index contributed by atoms with van der Waals surface area (Å²) < 4.78 is 5.12. The number of anilines is 1. The fourth-order valence-electron chi connectivity index (χ4n) is 2.50. The molecule has 124 valence electrons. The standard InChI is InChI=1S/C18H19ClN4O/c1-24-17-7-6-13(11-15(17)19)23-18(20)21-9-8-14-10-12-4-2-3-5-16(12)22-14/h2-7,10-11,22H,8-9H2,1H3,(H3,20,21,23).